The van der Waals surface area contributed by atoms with E-state index in [4.69, 9.17) is 5.73 Å². The smallest absolute Gasteiger partial charge is 0.0401 e. The van der Waals surface area contributed by atoms with Gasteiger partial charge in [-0.1, -0.05) is 12.1 Å². The molecule has 18 heavy (non-hydrogen) atoms. The van der Waals surface area contributed by atoms with Crippen LogP contribution >= 0.6 is 24.8 Å². The van der Waals surface area contributed by atoms with Gasteiger partial charge in [0.25, 0.3) is 0 Å². The van der Waals surface area contributed by atoms with Crippen molar-refractivity contribution in [1.82, 2.24) is 4.98 Å². The Morgan fingerprint density at radius 3 is 2.06 bits per heavy atom. The molecule has 0 amide bonds. The molecular weight excluding hydrogens is 269 g/mol. The predicted molar refractivity (Wildman–Crippen MR) is 80.4 cm³/mol. The lowest BCUT2D eigenvalue weighted by Crippen LogP contribution is -2.00. The highest BCUT2D eigenvalue weighted by Gasteiger charge is 1.94. The van der Waals surface area contributed by atoms with Gasteiger partial charge in [-0.3, -0.25) is 4.98 Å². The van der Waals surface area contributed by atoms with Crippen LogP contribution in [0.15, 0.2) is 48.8 Å². The molecule has 0 aliphatic rings. The summed E-state index contributed by atoms with van der Waals surface area (Å²) in [6, 6.07) is 12.2. The van der Waals surface area contributed by atoms with Crippen LogP contribution in [0.3, 0.4) is 0 Å². The Labute approximate surface area is 120 Å². The maximum atomic E-state index is 5.54. The number of rotatable bonds is 4. The maximum Gasteiger partial charge on any atom is 0.0401 e. The van der Waals surface area contributed by atoms with Gasteiger partial charge in [-0.2, -0.15) is 0 Å². The van der Waals surface area contributed by atoms with E-state index in [1.165, 1.54) is 5.56 Å². The number of hydrogen-bond acceptors (Lipinski definition) is 3. The number of nitrogens with zero attached hydrogens (tertiary/aromatic N) is 1. The Hall–Kier alpha value is -1.29. The molecule has 98 valence electrons. The third-order valence-corrected chi connectivity index (χ3v) is 2.44. The predicted octanol–water partition coefficient (Wildman–Crippen LogP) is 3.00. The molecule has 3 N–H and O–H groups in total. The third kappa shape index (κ3) is 4.92. The van der Waals surface area contributed by atoms with Crippen LogP contribution in [0.25, 0.3) is 0 Å². The molecule has 0 radical (unpaired) electrons. The van der Waals surface area contributed by atoms with Gasteiger partial charge in [-0.15, -0.1) is 24.8 Å². The van der Waals surface area contributed by atoms with Gasteiger partial charge in [-0.05, 0) is 35.4 Å². The minimum absolute atomic E-state index is 0. The van der Waals surface area contributed by atoms with Gasteiger partial charge >= 0.3 is 0 Å². The third-order valence-electron chi connectivity index (χ3n) is 2.44. The summed E-state index contributed by atoms with van der Waals surface area (Å²) in [5.41, 5.74) is 9.01. The van der Waals surface area contributed by atoms with Crippen LogP contribution in [0.4, 0.5) is 5.69 Å². The van der Waals surface area contributed by atoms with Crippen molar-refractivity contribution in [2.75, 3.05) is 5.32 Å². The van der Waals surface area contributed by atoms with E-state index in [9.17, 15) is 0 Å². The Kier molecular flexibility index (Phi) is 8.12. The lowest BCUT2D eigenvalue weighted by molar-refractivity contribution is 1.07. The fraction of sp³-hybridized carbons (Fsp3) is 0.154. The molecule has 1 heterocycles. The molecule has 0 saturated heterocycles. The van der Waals surface area contributed by atoms with E-state index in [-0.39, 0.29) is 24.8 Å². The number of hydrogen-bond donors (Lipinski definition) is 2. The molecule has 1 aromatic heterocycles. The maximum absolute atomic E-state index is 5.54. The van der Waals surface area contributed by atoms with Gasteiger partial charge in [-0.25, -0.2) is 0 Å². The van der Waals surface area contributed by atoms with Crippen LogP contribution in [-0.2, 0) is 13.1 Å². The van der Waals surface area contributed by atoms with E-state index in [1.54, 1.807) is 12.4 Å². The fourth-order valence-corrected chi connectivity index (χ4v) is 1.46. The number of aromatic nitrogens is 1. The van der Waals surface area contributed by atoms with Crippen molar-refractivity contribution in [2.24, 2.45) is 5.73 Å². The standard InChI is InChI=1S/C13H15N3.2ClH/c14-9-11-1-3-13(4-2-11)16-10-12-5-7-15-8-6-12;;/h1-8,16H,9-10,14H2;2*1H. The van der Waals surface area contributed by atoms with Gasteiger partial charge in [0.1, 0.15) is 0 Å². The molecule has 0 aliphatic carbocycles. The van der Waals surface area contributed by atoms with Crippen molar-refractivity contribution >= 4 is 30.5 Å². The molecular formula is C13H17Cl2N3. The lowest BCUT2D eigenvalue weighted by atomic mass is 10.2. The van der Waals surface area contributed by atoms with Gasteiger partial charge in [0.2, 0.25) is 0 Å². The summed E-state index contributed by atoms with van der Waals surface area (Å²) in [4.78, 5) is 3.98. The highest BCUT2D eigenvalue weighted by Crippen LogP contribution is 2.10. The molecule has 2 rings (SSSR count). The first-order chi connectivity index (χ1) is 7.88. The molecule has 0 spiro atoms. The summed E-state index contributed by atoms with van der Waals surface area (Å²) in [7, 11) is 0. The van der Waals surface area contributed by atoms with Crippen molar-refractivity contribution in [3.63, 3.8) is 0 Å². The first-order valence-electron chi connectivity index (χ1n) is 5.30. The minimum Gasteiger partial charge on any atom is -0.381 e. The number of halogens is 2. The van der Waals surface area contributed by atoms with Crippen LogP contribution in [0.5, 0.6) is 0 Å². The van der Waals surface area contributed by atoms with Gasteiger partial charge < -0.3 is 11.1 Å². The van der Waals surface area contributed by atoms with E-state index in [0.717, 1.165) is 17.8 Å². The van der Waals surface area contributed by atoms with Crippen LogP contribution in [0.2, 0.25) is 0 Å². The van der Waals surface area contributed by atoms with Crippen LogP contribution in [0.1, 0.15) is 11.1 Å². The molecule has 0 fully saturated rings. The summed E-state index contributed by atoms with van der Waals surface area (Å²) in [5.74, 6) is 0. The van der Waals surface area contributed by atoms with E-state index >= 15 is 0 Å². The molecule has 0 unspecified atom stereocenters. The summed E-state index contributed by atoms with van der Waals surface area (Å²) < 4.78 is 0. The molecule has 0 atom stereocenters. The number of nitrogens with one attached hydrogen (secondary N) is 1. The summed E-state index contributed by atoms with van der Waals surface area (Å²) in [6.07, 6.45) is 3.60. The summed E-state index contributed by atoms with van der Waals surface area (Å²) in [6.45, 7) is 1.40. The molecule has 1 aromatic carbocycles. The average Bonchev–Trinajstić information content (AvgIpc) is 2.38. The molecule has 0 bridgehead atoms. The molecule has 3 nitrogen and oxygen atoms in total. The van der Waals surface area contributed by atoms with Gasteiger partial charge in [0.15, 0.2) is 0 Å². The Balaban J connectivity index is 0.00000144. The highest BCUT2D eigenvalue weighted by atomic mass is 35.5. The second kappa shape index (κ2) is 8.75. The number of pyridine rings is 1. The zero-order chi connectivity index (χ0) is 11.2. The normalized spacial score (nSPS) is 8.94. The molecule has 2 aromatic rings. The molecule has 5 heteroatoms. The van der Waals surface area contributed by atoms with E-state index in [2.05, 4.69) is 10.3 Å². The Bertz CT molecular complexity index is 432. The van der Waals surface area contributed by atoms with E-state index in [0.29, 0.717) is 6.54 Å². The zero-order valence-electron chi connectivity index (χ0n) is 9.87. The second-order valence-corrected chi connectivity index (χ2v) is 3.61. The lowest BCUT2D eigenvalue weighted by Gasteiger charge is -2.06. The fourth-order valence-electron chi connectivity index (χ4n) is 1.46. The highest BCUT2D eigenvalue weighted by molar-refractivity contribution is 5.85. The number of benzene rings is 1. The van der Waals surface area contributed by atoms with E-state index < -0.39 is 0 Å². The van der Waals surface area contributed by atoms with Gasteiger partial charge in [0.05, 0.1) is 0 Å². The topological polar surface area (TPSA) is 50.9 Å². The van der Waals surface area contributed by atoms with Crippen molar-refractivity contribution in [3.05, 3.63) is 59.9 Å². The SMILES string of the molecule is Cl.Cl.NCc1ccc(NCc2ccncc2)cc1. The van der Waals surface area contributed by atoms with E-state index in [1.807, 2.05) is 36.4 Å². The Morgan fingerprint density at radius 2 is 1.50 bits per heavy atom. The monoisotopic (exact) mass is 285 g/mol. The average molecular weight is 286 g/mol. The second-order valence-electron chi connectivity index (χ2n) is 3.61. The summed E-state index contributed by atoms with van der Waals surface area (Å²) in [5, 5.41) is 3.34. The van der Waals surface area contributed by atoms with Crippen molar-refractivity contribution in [2.45, 2.75) is 13.1 Å². The number of nitrogens with two attached hydrogens (primary N) is 1. The molecule has 0 saturated carbocycles. The number of anilines is 1. The van der Waals surface area contributed by atoms with Crippen molar-refractivity contribution < 1.29 is 0 Å². The minimum atomic E-state index is 0. The zero-order valence-corrected chi connectivity index (χ0v) is 11.5. The van der Waals surface area contributed by atoms with Crippen molar-refractivity contribution in [1.29, 1.82) is 0 Å². The van der Waals surface area contributed by atoms with Gasteiger partial charge in [0, 0.05) is 31.2 Å². The summed E-state index contributed by atoms with van der Waals surface area (Å²) >= 11 is 0. The Morgan fingerprint density at radius 1 is 0.889 bits per heavy atom. The van der Waals surface area contributed by atoms with Crippen LogP contribution < -0.4 is 11.1 Å². The van der Waals surface area contributed by atoms with Crippen molar-refractivity contribution in [3.8, 4) is 0 Å². The molecule has 0 aliphatic heterocycles. The largest absolute Gasteiger partial charge is 0.381 e. The first kappa shape index (κ1) is 16.7. The van der Waals surface area contributed by atoms with Crippen LogP contribution in [-0.4, -0.2) is 4.98 Å². The first-order valence-corrected chi connectivity index (χ1v) is 5.30. The quantitative estimate of drug-likeness (QED) is 0.908. The van der Waals surface area contributed by atoms with Crippen LogP contribution in [0, 0.1) is 0 Å².